The van der Waals surface area contributed by atoms with Gasteiger partial charge in [-0.15, -0.1) is 0 Å². The van der Waals surface area contributed by atoms with Crippen LogP contribution in [0.25, 0.3) is 16.0 Å². The number of aliphatic hydroxyl groups excluding tert-OH is 1. The Labute approximate surface area is 217 Å². The lowest BCUT2D eigenvalue weighted by molar-refractivity contribution is -0.132. The van der Waals surface area contributed by atoms with Crippen molar-refractivity contribution in [2.45, 2.75) is 25.8 Å². The largest absolute Gasteiger partial charge is 0.507 e. The molecule has 1 amide bonds. The van der Waals surface area contributed by atoms with Crippen LogP contribution in [0.4, 0.5) is 5.13 Å². The number of amides is 1. The molecule has 36 heavy (non-hydrogen) atoms. The number of anilines is 1. The first kappa shape index (κ1) is 24.0. The summed E-state index contributed by atoms with van der Waals surface area (Å²) in [5.74, 6) is -0.827. The predicted molar refractivity (Wildman–Crippen MR) is 143 cm³/mol. The van der Waals surface area contributed by atoms with Crippen LogP contribution in [-0.2, 0) is 9.59 Å². The van der Waals surface area contributed by atoms with E-state index in [1.165, 1.54) is 16.2 Å². The zero-order valence-corrected chi connectivity index (χ0v) is 21.4. The molecule has 6 nitrogen and oxygen atoms in total. The Morgan fingerprint density at radius 1 is 1.06 bits per heavy atom. The first-order valence-corrected chi connectivity index (χ1v) is 12.6. The molecule has 1 N–H and O–H groups in total. The Morgan fingerprint density at radius 3 is 2.39 bits per heavy atom. The average molecular weight is 519 g/mol. The summed E-state index contributed by atoms with van der Waals surface area (Å²) in [6.45, 7) is 4.19. The summed E-state index contributed by atoms with van der Waals surface area (Å²) in [6, 6.07) is 18.9. The molecular formula is C28H23ClN2O4S. The smallest absolute Gasteiger partial charge is 0.301 e. The van der Waals surface area contributed by atoms with E-state index in [1.54, 1.807) is 49.6 Å². The molecule has 4 aromatic rings. The van der Waals surface area contributed by atoms with Crippen LogP contribution in [0.2, 0.25) is 5.02 Å². The maximum atomic E-state index is 13.4. The lowest BCUT2D eigenvalue weighted by atomic mass is 9.93. The molecule has 1 saturated heterocycles. The molecule has 3 aromatic carbocycles. The molecule has 5 rings (SSSR count). The molecule has 8 heteroatoms. The van der Waals surface area contributed by atoms with E-state index in [4.69, 9.17) is 16.3 Å². The number of thiazole rings is 1. The number of carbonyl (C=O) groups is 2. The average Bonchev–Trinajstić information content (AvgIpc) is 3.41. The minimum Gasteiger partial charge on any atom is -0.507 e. The fourth-order valence-electron chi connectivity index (χ4n) is 4.30. The highest BCUT2D eigenvalue weighted by molar-refractivity contribution is 7.22. The first-order valence-electron chi connectivity index (χ1n) is 11.4. The number of hydrogen-bond donors (Lipinski definition) is 1. The summed E-state index contributed by atoms with van der Waals surface area (Å²) >= 11 is 7.43. The number of hydrogen-bond acceptors (Lipinski definition) is 6. The topological polar surface area (TPSA) is 79.7 Å². The van der Waals surface area contributed by atoms with Crippen molar-refractivity contribution >= 4 is 55.7 Å². The number of rotatable bonds is 5. The van der Waals surface area contributed by atoms with Crippen molar-refractivity contribution in [3.8, 4) is 5.75 Å². The lowest BCUT2D eigenvalue weighted by Gasteiger charge is -2.23. The second-order valence-corrected chi connectivity index (χ2v) is 10.3. The number of ether oxygens (including phenoxy) is 1. The highest BCUT2D eigenvalue weighted by Crippen LogP contribution is 2.44. The number of carbonyl (C=O) groups excluding carboxylic acids is 2. The van der Waals surface area contributed by atoms with Crippen molar-refractivity contribution in [1.82, 2.24) is 4.98 Å². The highest BCUT2D eigenvalue weighted by Gasteiger charge is 2.48. The standard InChI is InChI=1S/C28H23ClN2O4S/c1-15(2)16-4-6-17(7-5-16)24-23(25(32)18-8-11-20(35-3)12-9-18)26(33)27(34)31(24)28-30-21-13-10-19(29)14-22(21)36-28/h4-15,24,32H,1-3H3. The van der Waals surface area contributed by atoms with Gasteiger partial charge in [0.15, 0.2) is 5.13 Å². The molecule has 182 valence electrons. The molecule has 1 aliphatic rings. The normalized spacial score (nSPS) is 17.4. The van der Waals surface area contributed by atoms with Crippen LogP contribution in [0.3, 0.4) is 0 Å². The van der Waals surface area contributed by atoms with E-state index in [0.29, 0.717) is 38.5 Å². The number of ketones is 1. The van der Waals surface area contributed by atoms with Gasteiger partial charge in [-0.3, -0.25) is 14.5 Å². The summed E-state index contributed by atoms with van der Waals surface area (Å²) in [4.78, 5) is 32.8. The SMILES string of the molecule is COc1ccc(C(O)=C2C(=O)C(=O)N(c3nc4ccc(Cl)cc4s3)C2c2ccc(C(C)C)cc2)cc1. The summed E-state index contributed by atoms with van der Waals surface area (Å²) in [6.07, 6.45) is 0. The van der Waals surface area contributed by atoms with Gasteiger partial charge in [0.2, 0.25) is 0 Å². The molecular weight excluding hydrogens is 496 g/mol. The molecule has 1 atom stereocenters. The number of aliphatic hydroxyl groups is 1. The minimum atomic E-state index is -0.843. The number of nitrogens with zero attached hydrogens (tertiary/aromatic N) is 2. The van der Waals surface area contributed by atoms with E-state index in [0.717, 1.165) is 10.3 Å². The zero-order chi connectivity index (χ0) is 25.6. The van der Waals surface area contributed by atoms with Crippen LogP contribution in [0.15, 0.2) is 72.3 Å². The van der Waals surface area contributed by atoms with Crippen molar-refractivity contribution in [2.75, 3.05) is 12.0 Å². The summed E-state index contributed by atoms with van der Waals surface area (Å²) < 4.78 is 6.00. The quantitative estimate of drug-likeness (QED) is 0.180. The van der Waals surface area contributed by atoms with Crippen LogP contribution in [0.1, 0.15) is 42.5 Å². The molecule has 1 unspecified atom stereocenters. The maximum absolute atomic E-state index is 13.4. The predicted octanol–water partition coefficient (Wildman–Crippen LogP) is 6.71. The van der Waals surface area contributed by atoms with Crippen molar-refractivity contribution in [1.29, 1.82) is 0 Å². The molecule has 0 radical (unpaired) electrons. The molecule has 0 spiro atoms. The third-order valence-corrected chi connectivity index (χ3v) is 7.52. The number of fused-ring (bicyclic) bond motifs is 1. The number of halogens is 1. The Balaban J connectivity index is 1.70. The Morgan fingerprint density at radius 2 is 1.75 bits per heavy atom. The third-order valence-electron chi connectivity index (χ3n) is 6.27. The van der Waals surface area contributed by atoms with Gasteiger partial charge in [0.1, 0.15) is 11.5 Å². The van der Waals surface area contributed by atoms with Crippen molar-refractivity contribution < 1.29 is 19.4 Å². The van der Waals surface area contributed by atoms with Crippen molar-refractivity contribution in [3.63, 3.8) is 0 Å². The van der Waals surface area contributed by atoms with Gasteiger partial charge in [-0.1, -0.05) is 61.1 Å². The Hall–Kier alpha value is -3.68. The fourth-order valence-corrected chi connectivity index (χ4v) is 5.57. The number of methoxy groups -OCH3 is 1. The zero-order valence-electron chi connectivity index (χ0n) is 19.9. The van der Waals surface area contributed by atoms with E-state index in [9.17, 15) is 14.7 Å². The molecule has 0 aliphatic carbocycles. The van der Waals surface area contributed by atoms with Crippen molar-refractivity contribution in [2.24, 2.45) is 0 Å². The van der Waals surface area contributed by atoms with Gasteiger partial charge < -0.3 is 9.84 Å². The van der Waals surface area contributed by atoms with Gasteiger partial charge in [-0.2, -0.15) is 0 Å². The fraction of sp³-hybridized carbons (Fsp3) is 0.179. The van der Waals surface area contributed by atoms with Gasteiger partial charge in [-0.05, 0) is 59.5 Å². The monoisotopic (exact) mass is 518 g/mol. The summed E-state index contributed by atoms with van der Waals surface area (Å²) in [5.41, 5.74) is 2.92. The van der Waals surface area contributed by atoms with Gasteiger partial charge >= 0.3 is 5.91 Å². The minimum absolute atomic E-state index is 0.0137. The van der Waals surface area contributed by atoms with E-state index < -0.39 is 17.7 Å². The Kier molecular flexibility index (Phi) is 6.28. The Bertz CT molecular complexity index is 1510. The van der Waals surface area contributed by atoms with E-state index >= 15 is 0 Å². The second kappa shape index (κ2) is 9.41. The van der Waals surface area contributed by atoms with Crippen LogP contribution in [0, 0.1) is 0 Å². The van der Waals surface area contributed by atoms with E-state index in [-0.39, 0.29) is 11.3 Å². The van der Waals surface area contributed by atoms with Crippen LogP contribution < -0.4 is 9.64 Å². The molecule has 0 saturated carbocycles. The number of benzene rings is 3. The highest BCUT2D eigenvalue weighted by atomic mass is 35.5. The molecule has 1 fully saturated rings. The molecule has 1 aromatic heterocycles. The number of aromatic nitrogens is 1. The van der Waals surface area contributed by atoms with Gasteiger partial charge in [0, 0.05) is 10.6 Å². The number of Topliss-reactive ketones (excluding diaryl/α,β-unsaturated/α-hetero) is 1. The summed E-state index contributed by atoms with van der Waals surface area (Å²) in [7, 11) is 1.55. The van der Waals surface area contributed by atoms with Crippen LogP contribution in [-0.4, -0.2) is 28.9 Å². The second-order valence-electron chi connectivity index (χ2n) is 8.83. The van der Waals surface area contributed by atoms with Gasteiger partial charge in [0.25, 0.3) is 5.78 Å². The summed E-state index contributed by atoms with van der Waals surface area (Å²) in [5, 5.41) is 12.2. The first-order chi connectivity index (χ1) is 17.3. The van der Waals surface area contributed by atoms with E-state index in [1.807, 2.05) is 24.3 Å². The maximum Gasteiger partial charge on any atom is 0.301 e. The molecule has 1 aliphatic heterocycles. The molecule has 0 bridgehead atoms. The van der Waals surface area contributed by atoms with E-state index in [2.05, 4.69) is 18.8 Å². The lowest BCUT2D eigenvalue weighted by Crippen LogP contribution is -2.29. The van der Waals surface area contributed by atoms with Crippen molar-refractivity contribution in [3.05, 3.63) is 94.0 Å². The third kappa shape index (κ3) is 4.14. The van der Waals surface area contributed by atoms with Crippen LogP contribution in [0.5, 0.6) is 5.75 Å². The van der Waals surface area contributed by atoms with Gasteiger partial charge in [-0.25, -0.2) is 4.98 Å². The van der Waals surface area contributed by atoms with Gasteiger partial charge in [0.05, 0.1) is 28.9 Å². The van der Waals surface area contributed by atoms with Crippen LogP contribution >= 0.6 is 22.9 Å². The molecule has 2 heterocycles.